The summed E-state index contributed by atoms with van der Waals surface area (Å²) < 4.78 is 3.91. The van der Waals surface area contributed by atoms with Gasteiger partial charge in [0.2, 0.25) is 0 Å². The van der Waals surface area contributed by atoms with Crippen molar-refractivity contribution in [3.63, 3.8) is 0 Å². The average Bonchev–Trinajstić information content (AvgIpc) is 2.81. The summed E-state index contributed by atoms with van der Waals surface area (Å²) in [5.41, 5.74) is 2.04. The Morgan fingerprint density at radius 2 is 2.19 bits per heavy atom. The van der Waals surface area contributed by atoms with E-state index < -0.39 is 0 Å². The average molecular weight is 239 g/mol. The van der Waals surface area contributed by atoms with Crippen molar-refractivity contribution in [3.8, 4) is 5.82 Å². The van der Waals surface area contributed by atoms with Crippen LogP contribution < -0.4 is 0 Å². The summed E-state index contributed by atoms with van der Waals surface area (Å²) in [6, 6.07) is 0. The van der Waals surface area contributed by atoms with Crippen LogP contribution in [0.5, 0.6) is 0 Å². The summed E-state index contributed by atoms with van der Waals surface area (Å²) in [4.78, 5) is 4.32. The summed E-state index contributed by atoms with van der Waals surface area (Å²) >= 11 is 5.98. The quantitative estimate of drug-likeness (QED) is 0.769. The van der Waals surface area contributed by atoms with Crippen molar-refractivity contribution in [1.82, 2.24) is 19.3 Å². The van der Waals surface area contributed by atoms with Crippen LogP contribution in [0.25, 0.3) is 5.82 Å². The van der Waals surface area contributed by atoms with Gasteiger partial charge in [-0.15, -0.1) is 11.6 Å². The van der Waals surface area contributed by atoms with E-state index in [2.05, 4.69) is 21.6 Å². The zero-order valence-electron chi connectivity index (χ0n) is 9.74. The third-order valence-corrected chi connectivity index (χ3v) is 2.98. The van der Waals surface area contributed by atoms with Gasteiger partial charge in [0.25, 0.3) is 0 Å². The van der Waals surface area contributed by atoms with Crippen LogP contribution in [0.15, 0.2) is 12.4 Å². The van der Waals surface area contributed by atoms with Gasteiger partial charge < -0.3 is 0 Å². The second-order valence-corrected chi connectivity index (χ2v) is 3.98. The van der Waals surface area contributed by atoms with E-state index >= 15 is 0 Å². The Hall–Kier alpha value is -1.29. The lowest BCUT2D eigenvalue weighted by Gasteiger charge is -2.08. The Kier molecular flexibility index (Phi) is 3.01. The SMILES string of the molecule is CCc1nccn1-c1c(CCl)c(C)nn1C. The Morgan fingerprint density at radius 3 is 2.81 bits per heavy atom. The Bertz CT molecular complexity index is 498. The molecule has 16 heavy (non-hydrogen) atoms. The number of imidazole rings is 1. The maximum atomic E-state index is 5.98. The summed E-state index contributed by atoms with van der Waals surface area (Å²) in [6.07, 6.45) is 4.64. The predicted molar refractivity (Wildman–Crippen MR) is 64.0 cm³/mol. The first-order valence-electron chi connectivity index (χ1n) is 5.30. The molecule has 0 spiro atoms. The molecule has 2 heterocycles. The highest BCUT2D eigenvalue weighted by atomic mass is 35.5. The van der Waals surface area contributed by atoms with Gasteiger partial charge in [-0.25, -0.2) is 4.98 Å². The Morgan fingerprint density at radius 1 is 1.44 bits per heavy atom. The molecule has 4 nitrogen and oxygen atoms in total. The van der Waals surface area contributed by atoms with Crippen LogP contribution in [-0.2, 0) is 19.3 Å². The third-order valence-electron chi connectivity index (χ3n) is 2.71. The maximum absolute atomic E-state index is 5.98. The smallest absolute Gasteiger partial charge is 0.140 e. The molecule has 2 aromatic rings. The van der Waals surface area contributed by atoms with Crippen molar-refractivity contribution < 1.29 is 0 Å². The first-order valence-corrected chi connectivity index (χ1v) is 5.83. The van der Waals surface area contributed by atoms with Gasteiger partial charge in [0.1, 0.15) is 11.6 Å². The minimum atomic E-state index is 0.469. The number of aromatic nitrogens is 4. The molecule has 0 unspecified atom stereocenters. The minimum absolute atomic E-state index is 0.469. The van der Waals surface area contributed by atoms with Gasteiger partial charge >= 0.3 is 0 Å². The number of aryl methyl sites for hydroxylation is 3. The van der Waals surface area contributed by atoms with Crippen LogP contribution >= 0.6 is 11.6 Å². The highest BCUT2D eigenvalue weighted by Crippen LogP contribution is 2.21. The highest BCUT2D eigenvalue weighted by molar-refractivity contribution is 6.17. The first-order chi connectivity index (χ1) is 7.69. The van der Waals surface area contributed by atoms with Crippen LogP contribution in [0.3, 0.4) is 0 Å². The van der Waals surface area contributed by atoms with Crippen molar-refractivity contribution in [2.24, 2.45) is 7.05 Å². The molecule has 0 N–H and O–H groups in total. The van der Waals surface area contributed by atoms with Crippen molar-refractivity contribution in [2.75, 3.05) is 0 Å². The van der Waals surface area contributed by atoms with E-state index in [9.17, 15) is 0 Å². The number of hydrogen-bond acceptors (Lipinski definition) is 2. The van der Waals surface area contributed by atoms with Crippen molar-refractivity contribution in [3.05, 3.63) is 29.5 Å². The van der Waals surface area contributed by atoms with Crippen LogP contribution in [0.2, 0.25) is 0 Å². The van der Waals surface area contributed by atoms with Crippen LogP contribution in [0, 0.1) is 6.92 Å². The van der Waals surface area contributed by atoms with Crippen LogP contribution in [-0.4, -0.2) is 19.3 Å². The van der Waals surface area contributed by atoms with E-state index in [-0.39, 0.29) is 0 Å². The largest absolute Gasteiger partial charge is 0.288 e. The van der Waals surface area contributed by atoms with Gasteiger partial charge in [-0.3, -0.25) is 9.25 Å². The van der Waals surface area contributed by atoms with E-state index in [1.165, 1.54) is 0 Å². The van der Waals surface area contributed by atoms with E-state index in [4.69, 9.17) is 11.6 Å². The highest BCUT2D eigenvalue weighted by Gasteiger charge is 2.15. The summed E-state index contributed by atoms with van der Waals surface area (Å²) in [7, 11) is 1.93. The van der Waals surface area contributed by atoms with E-state index in [1.807, 2.05) is 24.9 Å². The van der Waals surface area contributed by atoms with E-state index in [0.717, 1.165) is 29.3 Å². The summed E-state index contributed by atoms with van der Waals surface area (Å²) in [5, 5.41) is 4.40. The lowest BCUT2D eigenvalue weighted by molar-refractivity contribution is 0.708. The summed E-state index contributed by atoms with van der Waals surface area (Å²) in [6.45, 7) is 4.06. The second kappa shape index (κ2) is 4.29. The zero-order valence-corrected chi connectivity index (χ0v) is 10.5. The number of alkyl halides is 1. The standard InChI is InChI=1S/C11H15ClN4/c1-4-10-13-5-6-16(10)11-9(7-12)8(2)14-15(11)3/h5-6H,4,7H2,1-3H3. The normalized spacial score (nSPS) is 11.0. The molecule has 5 heteroatoms. The molecule has 0 saturated heterocycles. The molecule has 0 saturated carbocycles. The monoisotopic (exact) mass is 238 g/mol. The molecule has 0 aliphatic rings. The van der Waals surface area contributed by atoms with Gasteiger partial charge in [0.05, 0.1) is 11.6 Å². The number of hydrogen-bond donors (Lipinski definition) is 0. The number of halogens is 1. The molecule has 0 aromatic carbocycles. The molecule has 0 atom stereocenters. The maximum Gasteiger partial charge on any atom is 0.140 e. The molecule has 0 bridgehead atoms. The molecule has 0 amide bonds. The lowest BCUT2D eigenvalue weighted by atomic mass is 10.2. The lowest BCUT2D eigenvalue weighted by Crippen LogP contribution is -2.07. The van der Waals surface area contributed by atoms with E-state index in [1.54, 1.807) is 6.20 Å². The predicted octanol–water partition coefficient (Wildman–Crippen LogP) is 2.22. The number of rotatable bonds is 3. The van der Waals surface area contributed by atoms with Crippen molar-refractivity contribution in [2.45, 2.75) is 26.1 Å². The van der Waals surface area contributed by atoms with Crippen LogP contribution in [0.4, 0.5) is 0 Å². The summed E-state index contributed by atoms with van der Waals surface area (Å²) in [5.74, 6) is 2.51. The van der Waals surface area contributed by atoms with Gasteiger partial charge in [-0.1, -0.05) is 6.92 Å². The zero-order chi connectivity index (χ0) is 11.7. The molecular weight excluding hydrogens is 224 g/mol. The molecule has 2 rings (SSSR count). The van der Waals surface area contributed by atoms with Gasteiger partial charge in [-0.2, -0.15) is 5.10 Å². The minimum Gasteiger partial charge on any atom is -0.288 e. The van der Waals surface area contributed by atoms with Gasteiger partial charge in [-0.05, 0) is 6.92 Å². The Balaban J connectivity index is 2.63. The van der Waals surface area contributed by atoms with Gasteiger partial charge in [0, 0.05) is 31.4 Å². The van der Waals surface area contributed by atoms with E-state index in [0.29, 0.717) is 5.88 Å². The second-order valence-electron chi connectivity index (χ2n) is 3.71. The van der Waals surface area contributed by atoms with Gasteiger partial charge in [0.15, 0.2) is 0 Å². The molecule has 0 aliphatic carbocycles. The first kappa shape index (κ1) is 11.2. The molecule has 86 valence electrons. The van der Waals surface area contributed by atoms with Crippen LogP contribution in [0.1, 0.15) is 24.0 Å². The molecular formula is C11H15ClN4. The Labute approximate surface area is 99.9 Å². The fraction of sp³-hybridized carbons (Fsp3) is 0.455. The number of nitrogens with zero attached hydrogens (tertiary/aromatic N) is 4. The molecule has 0 radical (unpaired) electrons. The topological polar surface area (TPSA) is 35.6 Å². The molecule has 0 fully saturated rings. The fourth-order valence-electron chi connectivity index (χ4n) is 1.94. The third kappa shape index (κ3) is 1.63. The van der Waals surface area contributed by atoms with Crippen molar-refractivity contribution >= 4 is 11.6 Å². The molecule has 0 aliphatic heterocycles. The van der Waals surface area contributed by atoms with Crippen molar-refractivity contribution in [1.29, 1.82) is 0 Å². The fourth-order valence-corrected chi connectivity index (χ4v) is 2.25. The molecule has 2 aromatic heterocycles.